The average molecular weight is 284 g/mol. The molecule has 110 valence electrons. The lowest BCUT2D eigenvalue weighted by Crippen LogP contribution is -2.34. The molecular formula is C10H16N6O4. The zero-order valence-electron chi connectivity index (χ0n) is 10.8. The smallest absolute Gasteiger partial charge is 0.190 e. The number of anilines is 1. The molecule has 0 aliphatic carbocycles. The van der Waals surface area contributed by atoms with Gasteiger partial charge in [-0.1, -0.05) is 0 Å². The lowest BCUT2D eigenvalue weighted by Gasteiger charge is -2.24. The molecule has 2 aromatic rings. The molecule has 10 nitrogen and oxygen atoms in total. The summed E-state index contributed by atoms with van der Waals surface area (Å²) in [5, 5.41) is 38.9. The van der Waals surface area contributed by atoms with Crippen molar-refractivity contribution in [2.24, 2.45) is 0 Å². The third-order valence-corrected chi connectivity index (χ3v) is 2.82. The highest BCUT2D eigenvalue weighted by molar-refractivity contribution is 5.80. The van der Waals surface area contributed by atoms with E-state index in [1.165, 1.54) is 17.8 Å². The minimum absolute atomic E-state index is 0.111. The molecule has 0 aromatic carbocycles. The van der Waals surface area contributed by atoms with Gasteiger partial charge in [-0.3, -0.25) is 4.57 Å². The lowest BCUT2D eigenvalue weighted by molar-refractivity contribution is -0.132. The van der Waals surface area contributed by atoms with Gasteiger partial charge in [0, 0.05) is 0 Å². The summed E-state index contributed by atoms with van der Waals surface area (Å²) < 4.78 is 6.85. The Hall–Kier alpha value is -1.88. The van der Waals surface area contributed by atoms with E-state index in [4.69, 9.17) is 15.6 Å². The van der Waals surface area contributed by atoms with E-state index in [0.29, 0.717) is 11.2 Å². The van der Waals surface area contributed by atoms with Crippen LogP contribution in [0.3, 0.4) is 0 Å². The number of fused-ring (bicyclic) bond motifs is 1. The standard InChI is InChI=1S/C10H16N6O4/c1-5(19)6(2-17)20-7(3-18)16-4-12-8-9(11)13-15-14-10(8)16/h4-7,17-19H,2-3H2,1H3,(H2,11,13,14)/t5-,6-,7-/m1/s1. The number of hydrogen-bond acceptors (Lipinski definition) is 9. The van der Waals surface area contributed by atoms with Crippen LogP contribution >= 0.6 is 0 Å². The third-order valence-electron chi connectivity index (χ3n) is 2.82. The predicted octanol–water partition coefficient (Wildman–Crippen LogP) is -1.95. The van der Waals surface area contributed by atoms with Gasteiger partial charge in [-0.05, 0) is 12.1 Å². The summed E-state index contributed by atoms with van der Waals surface area (Å²) >= 11 is 0. The van der Waals surface area contributed by atoms with Crippen LogP contribution < -0.4 is 5.73 Å². The largest absolute Gasteiger partial charge is 0.394 e. The molecule has 0 radical (unpaired) electrons. The first-order valence-electron chi connectivity index (χ1n) is 5.95. The number of nitrogens with two attached hydrogens (primary N) is 1. The Labute approximate surface area is 113 Å². The van der Waals surface area contributed by atoms with Gasteiger partial charge < -0.3 is 25.8 Å². The summed E-state index contributed by atoms with van der Waals surface area (Å²) in [5.41, 5.74) is 6.24. The highest BCUT2D eigenvalue weighted by atomic mass is 16.5. The summed E-state index contributed by atoms with van der Waals surface area (Å²) in [7, 11) is 0. The van der Waals surface area contributed by atoms with Crippen LogP contribution in [0.5, 0.6) is 0 Å². The summed E-state index contributed by atoms with van der Waals surface area (Å²) in [6.45, 7) is 0.678. The number of aliphatic hydroxyl groups is 3. The number of aromatic nitrogens is 5. The number of nitrogen functional groups attached to an aromatic ring is 1. The number of hydrogen-bond donors (Lipinski definition) is 4. The van der Waals surface area contributed by atoms with Crippen LogP contribution in [-0.2, 0) is 4.74 Å². The molecule has 2 heterocycles. The Balaban J connectivity index is 2.32. The fraction of sp³-hybridized carbons (Fsp3) is 0.600. The first kappa shape index (κ1) is 14.5. The van der Waals surface area contributed by atoms with Gasteiger partial charge in [0.25, 0.3) is 0 Å². The van der Waals surface area contributed by atoms with E-state index in [1.54, 1.807) is 0 Å². The molecule has 0 saturated carbocycles. The monoisotopic (exact) mass is 284 g/mol. The number of nitrogens with zero attached hydrogens (tertiary/aromatic N) is 5. The fourth-order valence-corrected chi connectivity index (χ4v) is 1.71. The number of ether oxygens (including phenoxy) is 1. The van der Waals surface area contributed by atoms with Gasteiger partial charge in [0.1, 0.15) is 6.10 Å². The second-order valence-electron chi connectivity index (χ2n) is 4.23. The summed E-state index contributed by atoms with van der Waals surface area (Å²) in [5.74, 6) is 0.111. The zero-order valence-corrected chi connectivity index (χ0v) is 10.8. The highest BCUT2D eigenvalue weighted by Gasteiger charge is 2.23. The van der Waals surface area contributed by atoms with Crippen molar-refractivity contribution in [3.8, 4) is 0 Å². The Kier molecular flexibility index (Phi) is 4.39. The minimum Gasteiger partial charge on any atom is -0.394 e. The van der Waals surface area contributed by atoms with Crippen molar-refractivity contribution in [2.75, 3.05) is 18.9 Å². The van der Waals surface area contributed by atoms with Gasteiger partial charge in [-0.2, -0.15) is 0 Å². The average Bonchev–Trinajstić information content (AvgIpc) is 2.85. The van der Waals surface area contributed by atoms with Crippen LogP contribution in [0.2, 0.25) is 0 Å². The molecule has 0 aliphatic rings. The van der Waals surface area contributed by atoms with Gasteiger partial charge in [-0.25, -0.2) is 4.98 Å². The molecule has 2 aromatic heterocycles. The summed E-state index contributed by atoms with van der Waals surface area (Å²) in [4.78, 5) is 4.02. The van der Waals surface area contributed by atoms with Crippen molar-refractivity contribution in [3.63, 3.8) is 0 Å². The molecule has 0 amide bonds. The third kappa shape index (κ3) is 2.67. The molecule has 3 atom stereocenters. The van der Waals surface area contributed by atoms with Gasteiger partial charge in [0.15, 0.2) is 23.2 Å². The van der Waals surface area contributed by atoms with E-state index in [1.807, 2.05) is 0 Å². The fourth-order valence-electron chi connectivity index (χ4n) is 1.71. The van der Waals surface area contributed by atoms with Crippen molar-refractivity contribution in [1.29, 1.82) is 0 Å². The normalized spacial score (nSPS) is 16.2. The lowest BCUT2D eigenvalue weighted by atomic mass is 10.2. The van der Waals surface area contributed by atoms with Crippen LogP contribution in [0.4, 0.5) is 5.82 Å². The van der Waals surface area contributed by atoms with Crippen LogP contribution in [0.15, 0.2) is 6.33 Å². The Morgan fingerprint density at radius 2 is 2.10 bits per heavy atom. The molecule has 10 heteroatoms. The molecule has 0 unspecified atom stereocenters. The van der Waals surface area contributed by atoms with E-state index in [9.17, 15) is 10.2 Å². The number of aliphatic hydroxyl groups excluding tert-OH is 3. The number of imidazole rings is 1. The van der Waals surface area contributed by atoms with Gasteiger partial charge >= 0.3 is 0 Å². The Morgan fingerprint density at radius 1 is 1.35 bits per heavy atom. The van der Waals surface area contributed by atoms with Gasteiger partial charge in [-0.15, -0.1) is 10.2 Å². The zero-order chi connectivity index (χ0) is 14.7. The van der Waals surface area contributed by atoms with E-state index in [2.05, 4.69) is 20.4 Å². The summed E-state index contributed by atoms with van der Waals surface area (Å²) in [6.07, 6.45) is -1.27. The first-order valence-corrected chi connectivity index (χ1v) is 5.95. The molecule has 5 N–H and O–H groups in total. The molecule has 20 heavy (non-hydrogen) atoms. The predicted molar refractivity (Wildman–Crippen MR) is 67.3 cm³/mol. The Bertz CT molecular complexity index is 574. The quantitative estimate of drug-likeness (QED) is 0.474. The van der Waals surface area contributed by atoms with E-state index < -0.39 is 31.6 Å². The van der Waals surface area contributed by atoms with Gasteiger partial charge in [0.2, 0.25) is 0 Å². The van der Waals surface area contributed by atoms with E-state index in [0.717, 1.165) is 0 Å². The molecule has 0 fully saturated rings. The highest BCUT2D eigenvalue weighted by Crippen LogP contribution is 2.20. The van der Waals surface area contributed by atoms with Crippen LogP contribution in [0.1, 0.15) is 13.2 Å². The van der Waals surface area contributed by atoms with Crippen molar-refractivity contribution in [2.45, 2.75) is 25.4 Å². The van der Waals surface area contributed by atoms with E-state index >= 15 is 0 Å². The van der Waals surface area contributed by atoms with Crippen molar-refractivity contribution in [1.82, 2.24) is 25.0 Å². The molecule has 0 bridgehead atoms. The van der Waals surface area contributed by atoms with Crippen molar-refractivity contribution in [3.05, 3.63) is 6.33 Å². The SMILES string of the molecule is C[C@@H](O)[C@@H](CO)O[C@H](CO)n1cnc2c(N)nnnc21. The second kappa shape index (κ2) is 6.05. The first-order chi connectivity index (χ1) is 9.58. The topological polar surface area (TPSA) is 152 Å². The minimum atomic E-state index is -0.901. The van der Waals surface area contributed by atoms with Crippen LogP contribution in [0, 0.1) is 0 Å². The van der Waals surface area contributed by atoms with E-state index in [-0.39, 0.29) is 5.82 Å². The molecule has 2 rings (SSSR count). The molecule has 0 aliphatic heterocycles. The van der Waals surface area contributed by atoms with Crippen molar-refractivity contribution >= 4 is 17.0 Å². The van der Waals surface area contributed by atoms with Crippen LogP contribution in [0.25, 0.3) is 11.2 Å². The summed E-state index contributed by atoms with van der Waals surface area (Å²) in [6, 6.07) is 0. The number of rotatable bonds is 6. The van der Waals surface area contributed by atoms with Gasteiger partial charge in [0.05, 0.1) is 25.6 Å². The van der Waals surface area contributed by atoms with Crippen LogP contribution in [-0.4, -0.2) is 65.7 Å². The molecular weight excluding hydrogens is 268 g/mol. The maximum Gasteiger partial charge on any atom is 0.190 e. The van der Waals surface area contributed by atoms with Crippen molar-refractivity contribution < 1.29 is 20.1 Å². The molecule has 0 saturated heterocycles. The maximum atomic E-state index is 9.46. The second-order valence-corrected chi connectivity index (χ2v) is 4.23. The maximum absolute atomic E-state index is 9.46. The molecule has 0 spiro atoms. The Morgan fingerprint density at radius 3 is 2.70 bits per heavy atom.